The number of aliphatic hydroxyl groups is 1. The van der Waals surface area contributed by atoms with Gasteiger partial charge in [0.15, 0.2) is 0 Å². The summed E-state index contributed by atoms with van der Waals surface area (Å²) in [7, 11) is 0. The first-order chi connectivity index (χ1) is 30.1. The van der Waals surface area contributed by atoms with Crippen molar-refractivity contribution in [1.82, 2.24) is 47.2 Å². The first-order valence-electron chi connectivity index (χ1n) is 20.8. The van der Waals surface area contributed by atoms with Crippen LogP contribution in [0, 0.1) is 5.92 Å². The summed E-state index contributed by atoms with van der Waals surface area (Å²) in [6.45, 7) is 6.46. The summed E-state index contributed by atoms with van der Waals surface area (Å²) >= 11 is 2.75. The molecule has 0 aliphatic carbocycles. The molecule has 0 saturated carbocycles. The lowest BCUT2D eigenvalue weighted by atomic mass is 10.0. The minimum atomic E-state index is -1.74. The molecule has 1 heterocycles. The van der Waals surface area contributed by atoms with Gasteiger partial charge in [0.25, 0.3) is 0 Å². The number of unbranched alkanes of at least 4 members (excludes halogenated alkanes) is 1. The molecule has 0 radical (unpaired) electrons. The van der Waals surface area contributed by atoms with Gasteiger partial charge in [-0.2, -0.15) is 23.5 Å². The molecule has 7 amide bonds. The molecule has 0 aliphatic rings. The largest absolute Gasteiger partial charge is 0.481 e. The number of thioether (sulfide) groups is 2. The molecule has 362 valence electrons. The minimum Gasteiger partial charge on any atom is -0.481 e. The van der Waals surface area contributed by atoms with E-state index in [0.717, 1.165) is 0 Å². The Labute approximate surface area is 381 Å². The van der Waals surface area contributed by atoms with E-state index in [1.165, 1.54) is 49.9 Å². The molecular weight excluding hydrogens is 879 g/mol. The van der Waals surface area contributed by atoms with Crippen molar-refractivity contribution in [2.24, 2.45) is 17.4 Å². The molecule has 23 nitrogen and oxygen atoms in total. The molecule has 0 aromatic carbocycles. The summed E-state index contributed by atoms with van der Waals surface area (Å²) in [5.74, 6) is -8.30. The lowest BCUT2D eigenvalue weighted by Crippen LogP contribution is -2.61. The van der Waals surface area contributed by atoms with Gasteiger partial charge < -0.3 is 69.0 Å². The SMILES string of the molecule is CSCC[C@H](NC(=O)[C@H](CCSC)NC(=O)[C@@H](NC(=O)[C@@H](N)CCCCN)[C@@H](C)O)C(=O)N[C@@H](C)C(=O)N[C@@H](Cc1cnc[nH]1)C(=O)N[C@@H](CC(=O)O)C(=O)N[C@@H](CC(C)C)C(=O)O. The fourth-order valence-electron chi connectivity index (χ4n) is 5.97. The molecule has 0 fully saturated rings. The van der Waals surface area contributed by atoms with Crippen LogP contribution in [0.5, 0.6) is 0 Å². The first-order valence-corrected chi connectivity index (χ1v) is 23.6. The van der Waals surface area contributed by atoms with Gasteiger partial charge >= 0.3 is 11.9 Å². The molecule has 15 N–H and O–H groups in total. The monoisotopic (exact) mass is 945 g/mol. The van der Waals surface area contributed by atoms with Crippen LogP contribution in [-0.4, -0.2) is 164 Å². The number of nitrogens with two attached hydrogens (primary N) is 2. The molecule has 1 rings (SSSR count). The zero-order chi connectivity index (χ0) is 48.5. The van der Waals surface area contributed by atoms with E-state index < -0.39 is 114 Å². The van der Waals surface area contributed by atoms with Crippen LogP contribution in [0.2, 0.25) is 0 Å². The number of carbonyl (C=O) groups is 9. The van der Waals surface area contributed by atoms with Gasteiger partial charge in [-0.3, -0.25) is 38.4 Å². The second-order valence-electron chi connectivity index (χ2n) is 15.6. The number of imidazole rings is 1. The van der Waals surface area contributed by atoms with Crippen LogP contribution in [0.3, 0.4) is 0 Å². The number of aromatic amines is 1. The predicted octanol–water partition coefficient (Wildman–Crippen LogP) is -2.69. The Bertz CT molecular complexity index is 1690. The Balaban J connectivity index is 3.24. The summed E-state index contributed by atoms with van der Waals surface area (Å²) < 4.78 is 0. The number of carboxylic acid groups (broad SMARTS) is 2. The van der Waals surface area contributed by atoms with Crippen molar-refractivity contribution in [3.05, 3.63) is 18.2 Å². The molecule has 25 heteroatoms. The smallest absolute Gasteiger partial charge is 0.326 e. The van der Waals surface area contributed by atoms with Crippen molar-refractivity contribution >= 4 is 76.8 Å². The van der Waals surface area contributed by atoms with Crippen molar-refractivity contribution in [3.8, 4) is 0 Å². The summed E-state index contributed by atoms with van der Waals surface area (Å²) in [5, 5.41) is 46.7. The highest BCUT2D eigenvalue weighted by Gasteiger charge is 2.35. The average molecular weight is 946 g/mol. The van der Waals surface area contributed by atoms with E-state index in [9.17, 15) is 58.5 Å². The van der Waals surface area contributed by atoms with Crippen molar-refractivity contribution in [3.63, 3.8) is 0 Å². The van der Waals surface area contributed by atoms with Crippen molar-refractivity contribution in [2.45, 2.75) is 134 Å². The lowest BCUT2D eigenvalue weighted by molar-refractivity contribution is -0.144. The zero-order valence-corrected chi connectivity index (χ0v) is 38.8. The van der Waals surface area contributed by atoms with Crippen LogP contribution in [0.4, 0.5) is 0 Å². The molecule has 9 atom stereocenters. The maximum absolute atomic E-state index is 13.7. The van der Waals surface area contributed by atoms with E-state index in [1.54, 1.807) is 26.4 Å². The van der Waals surface area contributed by atoms with Gasteiger partial charge in [0.2, 0.25) is 41.4 Å². The highest BCUT2D eigenvalue weighted by molar-refractivity contribution is 7.98. The fraction of sp³-hybridized carbons (Fsp3) is 0.692. The van der Waals surface area contributed by atoms with Gasteiger partial charge in [0.1, 0.15) is 42.3 Å². The summed E-state index contributed by atoms with van der Waals surface area (Å²) in [6, 6.07) is -10.8. The molecule has 64 heavy (non-hydrogen) atoms. The summed E-state index contributed by atoms with van der Waals surface area (Å²) in [5.41, 5.74) is 11.8. The van der Waals surface area contributed by atoms with E-state index >= 15 is 0 Å². The molecule has 0 bridgehead atoms. The Morgan fingerprint density at radius 3 is 1.69 bits per heavy atom. The van der Waals surface area contributed by atoms with E-state index in [-0.39, 0.29) is 31.6 Å². The van der Waals surface area contributed by atoms with Crippen LogP contribution in [0.25, 0.3) is 0 Å². The molecular formula is C39H67N11O12S2. The Kier molecular flexibility index (Phi) is 26.9. The van der Waals surface area contributed by atoms with E-state index in [2.05, 4.69) is 47.2 Å². The number of hydrogen-bond acceptors (Lipinski definition) is 15. The van der Waals surface area contributed by atoms with Gasteiger partial charge in [-0.25, -0.2) is 9.78 Å². The van der Waals surface area contributed by atoms with Crippen LogP contribution in [0.1, 0.15) is 78.3 Å². The Hall–Kier alpha value is -4.98. The van der Waals surface area contributed by atoms with Gasteiger partial charge in [-0.1, -0.05) is 20.3 Å². The third-order valence-corrected chi connectivity index (χ3v) is 10.8. The number of nitrogens with one attached hydrogen (secondary N) is 8. The maximum atomic E-state index is 13.7. The number of H-pyrrole nitrogens is 1. The Morgan fingerprint density at radius 2 is 1.19 bits per heavy atom. The van der Waals surface area contributed by atoms with Crippen LogP contribution in [0.15, 0.2) is 12.5 Å². The quantitative estimate of drug-likeness (QED) is 0.0327. The minimum absolute atomic E-state index is 0.0198. The summed E-state index contributed by atoms with van der Waals surface area (Å²) in [6.07, 6.45) is 5.40. The molecule has 0 saturated heterocycles. The standard InChI is InChI=1S/C39H67N11O12S2/c1-20(2)15-29(39(61)62)49-37(59)28(17-30(52)53)48-36(58)27(16-23-18-42-19-43-23)47-32(54)21(3)44-34(56)25(10-13-63-5)45-35(57)26(11-14-64-6)46-38(60)31(22(4)51)50-33(55)24(41)9-7-8-12-40/h18-22,24-29,31,51H,7-17,40-41H2,1-6H3,(H,42,43)(H,44,56)(H,45,57)(H,46,60)(H,47,54)(H,48,58)(H,49,59)(H,50,55)(H,52,53)(H,61,62)/t21-,22+,24-,25-,26-,27-,28-,29-,31-/m0/s1. The molecule has 1 aromatic heterocycles. The van der Waals surface area contributed by atoms with Crippen LogP contribution >= 0.6 is 23.5 Å². The van der Waals surface area contributed by atoms with Gasteiger partial charge in [0, 0.05) is 18.3 Å². The second-order valence-corrected chi connectivity index (χ2v) is 17.5. The van der Waals surface area contributed by atoms with Crippen LogP contribution in [-0.2, 0) is 49.6 Å². The predicted molar refractivity (Wildman–Crippen MR) is 239 cm³/mol. The number of carboxylic acids is 2. The van der Waals surface area contributed by atoms with E-state index in [0.29, 0.717) is 43.0 Å². The number of aliphatic carboxylic acids is 2. The van der Waals surface area contributed by atoms with Gasteiger partial charge in [-0.15, -0.1) is 0 Å². The topological polar surface area (TPSA) is 379 Å². The zero-order valence-electron chi connectivity index (χ0n) is 37.1. The maximum Gasteiger partial charge on any atom is 0.326 e. The number of rotatable bonds is 32. The highest BCUT2D eigenvalue weighted by atomic mass is 32.2. The lowest BCUT2D eigenvalue weighted by Gasteiger charge is -2.27. The Morgan fingerprint density at radius 1 is 0.672 bits per heavy atom. The normalized spacial score (nSPS) is 15.4. The molecule has 0 spiro atoms. The van der Waals surface area contributed by atoms with Gasteiger partial charge in [0.05, 0.1) is 24.9 Å². The summed E-state index contributed by atoms with van der Waals surface area (Å²) in [4.78, 5) is 124. The number of amides is 7. The third-order valence-electron chi connectivity index (χ3n) is 9.55. The average Bonchev–Trinajstić information content (AvgIpc) is 3.74. The fourth-order valence-corrected chi connectivity index (χ4v) is 6.91. The first kappa shape index (κ1) is 57.0. The van der Waals surface area contributed by atoms with Crippen molar-refractivity contribution in [2.75, 3.05) is 30.6 Å². The van der Waals surface area contributed by atoms with Gasteiger partial charge in [-0.05, 0) is 82.4 Å². The number of nitrogens with zero attached hydrogens (tertiary/aromatic N) is 1. The number of carbonyl (C=O) groups excluding carboxylic acids is 7. The molecule has 0 aliphatic heterocycles. The molecule has 0 unspecified atom stereocenters. The van der Waals surface area contributed by atoms with Crippen molar-refractivity contribution < 1.29 is 58.5 Å². The second kappa shape index (κ2) is 30.2. The number of aromatic nitrogens is 2. The number of hydrogen-bond donors (Lipinski definition) is 13. The van der Waals surface area contributed by atoms with E-state index in [1.807, 2.05) is 0 Å². The number of aliphatic hydroxyl groups excluding tert-OH is 1. The highest BCUT2D eigenvalue weighted by Crippen LogP contribution is 2.10. The third kappa shape index (κ3) is 21.6. The van der Waals surface area contributed by atoms with Crippen molar-refractivity contribution in [1.29, 1.82) is 0 Å². The van der Waals surface area contributed by atoms with Crippen LogP contribution < -0.4 is 48.7 Å². The van der Waals surface area contributed by atoms with E-state index in [4.69, 9.17) is 11.5 Å². The molecule has 1 aromatic rings.